The Morgan fingerprint density at radius 2 is 2.00 bits per heavy atom. The number of Topliss-reactive ketones (excluding diaryl/α,β-unsaturated/α-hetero) is 1. The fraction of sp³-hybridized carbons (Fsp3) is 0.900. The maximum atomic E-state index is 11.8. The van der Waals surface area contributed by atoms with Gasteiger partial charge in [0, 0.05) is 10.8 Å². The van der Waals surface area contributed by atoms with Crippen LogP contribution in [0, 0.1) is 16.7 Å². The molecular weight excluding hydrogens is 136 g/mol. The molecule has 2 rings (SSSR count). The number of carbonyl (C=O) groups is 1. The van der Waals surface area contributed by atoms with Gasteiger partial charge in [0.1, 0.15) is 5.78 Å². The zero-order valence-corrected chi connectivity index (χ0v) is 7.61. The first kappa shape index (κ1) is 7.33. The Bertz CT molecular complexity index is 210. The quantitative estimate of drug-likeness (QED) is 0.521. The van der Waals surface area contributed by atoms with E-state index < -0.39 is 0 Å². The van der Waals surface area contributed by atoms with Crippen LogP contribution < -0.4 is 0 Å². The minimum atomic E-state index is -0.00694. The van der Waals surface area contributed by atoms with Crippen LogP contribution in [-0.2, 0) is 4.79 Å². The lowest BCUT2D eigenvalue weighted by Gasteiger charge is -2.31. The SMILES string of the molecule is CC1(C)C(=O)[C@@]2(C)CC[C@@H]1C2. The van der Waals surface area contributed by atoms with E-state index in [-0.39, 0.29) is 10.8 Å². The molecule has 0 aromatic rings. The first-order valence-corrected chi connectivity index (χ1v) is 4.52. The fourth-order valence-corrected chi connectivity index (χ4v) is 3.03. The summed E-state index contributed by atoms with van der Waals surface area (Å²) in [7, 11) is 0. The minimum Gasteiger partial charge on any atom is -0.298 e. The standard InChI is InChI=1S/C10H16O/c1-9(2)7-4-5-10(3,6-7)8(9)11/h7H,4-6H2,1-3H3/t7-,10+/m1/s1. The third kappa shape index (κ3) is 0.692. The predicted octanol–water partition coefficient (Wildman–Crippen LogP) is 2.40. The van der Waals surface area contributed by atoms with Crippen molar-refractivity contribution in [2.24, 2.45) is 16.7 Å². The zero-order chi connectivity index (χ0) is 8.28. The molecule has 0 aromatic carbocycles. The fourth-order valence-electron chi connectivity index (χ4n) is 3.03. The smallest absolute Gasteiger partial charge is 0.144 e. The van der Waals surface area contributed by atoms with Crippen LogP contribution in [0.4, 0.5) is 0 Å². The first-order valence-electron chi connectivity index (χ1n) is 4.52. The molecule has 2 aliphatic carbocycles. The summed E-state index contributed by atoms with van der Waals surface area (Å²) in [6.45, 7) is 6.37. The summed E-state index contributed by atoms with van der Waals surface area (Å²) in [6, 6.07) is 0. The van der Waals surface area contributed by atoms with Crippen molar-refractivity contribution in [2.75, 3.05) is 0 Å². The average Bonchev–Trinajstić information content (AvgIpc) is 2.36. The predicted molar refractivity (Wildman–Crippen MR) is 44.2 cm³/mol. The highest BCUT2D eigenvalue weighted by Crippen LogP contribution is 2.59. The third-order valence-corrected chi connectivity index (χ3v) is 3.90. The van der Waals surface area contributed by atoms with Crippen LogP contribution in [0.5, 0.6) is 0 Å². The Labute approximate surface area is 68.2 Å². The van der Waals surface area contributed by atoms with Crippen molar-refractivity contribution in [3.05, 3.63) is 0 Å². The molecule has 2 saturated carbocycles. The van der Waals surface area contributed by atoms with Crippen molar-refractivity contribution >= 4 is 5.78 Å². The van der Waals surface area contributed by atoms with Crippen molar-refractivity contribution in [3.63, 3.8) is 0 Å². The molecule has 0 aliphatic heterocycles. The average molecular weight is 152 g/mol. The summed E-state index contributed by atoms with van der Waals surface area (Å²) >= 11 is 0. The molecule has 2 aliphatic rings. The molecule has 11 heavy (non-hydrogen) atoms. The Hall–Kier alpha value is -0.330. The molecule has 2 atom stereocenters. The van der Waals surface area contributed by atoms with E-state index in [0.29, 0.717) is 11.7 Å². The van der Waals surface area contributed by atoms with E-state index >= 15 is 0 Å². The van der Waals surface area contributed by atoms with E-state index in [9.17, 15) is 4.79 Å². The maximum Gasteiger partial charge on any atom is 0.144 e. The molecule has 0 aromatic heterocycles. The van der Waals surface area contributed by atoms with Gasteiger partial charge in [0.25, 0.3) is 0 Å². The highest BCUT2D eigenvalue weighted by Gasteiger charge is 2.58. The number of ketones is 1. The molecule has 0 spiro atoms. The van der Waals surface area contributed by atoms with Gasteiger partial charge in [-0.15, -0.1) is 0 Å². The van der Waals surface area contributed by atoms with Crippen LogP contribution in [-0.4, -0.2) is 5.78 Å². The van der Waals surface area contributed by atoms with E-state index in [2.05, 4.69) is 20.8 Å². The molecular formula is C10H16O. The molecule has 0 unspecified atom stereocenters. The van der Waals surface area contributed by atoms with E-state index in [0.717, 1.165) is 12.8 Å². The van der Waals surface area contributed by atoms with E-state index in [1.807, 2.05) is 0 Å². The lowest BCUT2D eigenvalue weighted by atomic mass is 9.72. The number of hydrogen-bond donors (Lipinski definition) is 0. The van der Waals surface area contributed by atoms with Crippen LogP contribution in [0.1, 0.15) is 40.0 Å². The van der Waals surface area contributed by atoms with E-state index in [1.165, 1.54) is 6.42 Å². The molecule has 1 heteroatoms. The second-order valence-electron chi connectivity index (χ2n) is 5.05. The van der Waals surface area contributed by atoms with Gasteiger partial charge in [-0.25, -0.2) is 0 Å². The van der Waals surface area contributed by atoms with Gasteiger partial charge in [0.05, 0.1) is 0 Å². The lowest BCUT2D eigenvalue weighted by molar-refractivity contribution is -0.134. The number of carbonyl (C=O) groups excluding carboxylic acids is 1. The third-order valence-electron chi connectivity index (χ3n) is 3.90. The van der Waals surface area contributed by atoms with E-state index in [4.69, 9.17) is 0 Å². The van der Waals surface area contributed by atoms with Gasteiger partial charge in [-0.3, -0.25) is 4.79 Å². The van der Waals surface area contributed by atoms with Crippen LogP contribution in [0.2, 0.25) is 0 Å². The molecule has 0 heterocycles. The lowest BCUT2D eigenvalue weighted by Crippen LogP contribution is -2.35. The highest BCUT2D eigenvalue weighted by molar-refractivity contribution is 5.92. The van der Waals surface area contributed by atoms with Crippen molar-refractivity contribution in [2.45, 2.75) is 40.0 Å². The van der Waals surface area contributed by atoms with Gasteiger partial charge in [-0.2, -0.15) is 0 Å². The summed E-state index contributed by atoms with van der Waals surface area (Å²) < 4.78 is 0. The largest absolute Gasteiger partial charge is 0.298 e. The Morgan fingerprint density at radius 1 is 1.36 bits per heavy atom. The van der Waals surface area contributed by atoms with Crippen LogP contribution >= 0.6 is 0 Å². The topological polar surface area (TPSA) is 17.1 Å². The minimum absolute atomic E-state index is 0.00694. The number of fused-ring (bicyclic) bond motifs is 2. The van der Waals surface area contributed by atoms with Gasteiger partial charge >= 0.3 is 0 Å². The molecule has 2 fully saturated rings. The summed E-state index contributed by atoms with van der Waals surface area (Å²) in [5.74, 6) is 1.20. The molecule has 0 radical (unpaired) electrons. The van der Waals surface area contributed by atoms with Gasteiger partial charge < -0.3 is 0 Å². The van der Waals surface area contributed by atoms with Gasteiger partial charge in [0.2, 0.25) is 0 Å². The number of hydrogen-bond acceptors (Lipinski definition) is 1. The molecule has 0 N–H and O–H groups in total. The first-order chi connectivity index (χ1) is 4.97. The molecule has 62 valence electrons. The highest BCUT2D eigenvalue weighted by atomic mass is 16.1. The Morgan fingerprint density at radius 3 is 2.27 bits per heavy atom. The van der Waals surface area contributed by atoms with Crippen molar-refractivity contribution in [3.8, 4) is 0 Å². The summed E-state index contributed by atoms with van der Waals surface area (Å²) in [6.07, 6.45) is 3.56. The summed E-state index contributed by atoms with van der Waals surface area (Å²) in [5, 5.41) is 0. The second kappa shape index (κ2) is 1.70. The van der Waals surface area contributed by atoms with Gasteiger partial charge in [-0.05, 0) is 25.2 Å². The zero-order valence-electron chi connectivity index (χ0n) is 7.61. The van der Waals surface area contributed by atoms with E-state index in [1.54, 1.807) is 0 Å². The maximum absolute atomic E-state index is 11.8. The monoisotopic (exact) mass is 152 g/mol. The van der Waals surface area contributed by atoms with Crippen molar-refractivity contribution < 1.29 is 4.79 Å². The summed E-state index contributed by atoms with van der Waals surface area (Å²) in [4.78, 5) is 11.8. The molecule has 0 saturated heterocycles. The molecule has 1 nitrogen and oxygen atoms in total. The Kier molecular flexibility index (Phi) is 1.13. The van der Waals surface area contributed by atoms with Crippen LogP contribution in [0.15, 0.2) is 0 Å². The van der Waals surface area contributed by atoms with Crippen molar-refractivity contribution in [1.82, 2.24) is 0 Å². The summed E-state index contributed by atoms with van der Waals surface area (Å²) in [5.41, 5.74) is 0.0567. The Balaban J connectivity index is 2.42. The molecule has 0 amide bonds. The van der Waals surface area contributed by atoms with Crippen LogP contribution in [0.3, 0.4) is 0 Å². The second-order valence-corrected chi connectivity index (χ2v) is 5.05. The normalized spacial score (nSPS) is 46.8. The molecule has 2 bridgehead atoms. The van der Waals surface area contributed by atoms with Gasteiger partial charge in [0.15, 0.2) is 0 Å². The number of rotatable bonds is 0. The van der Waals surface area contributed by atoms with Crippen molar-refractivity contribution in [1.29, 1.82) is 0 Å². The van der Waals surface area contributed by atoms with Gasteiger partial charge in [-0.1, -0.05) is 20.8 Å². The van der Waals surface area contributed by atoms with Crippen LogP contribution in [0.25, 0.3) is 0 Å².